The third-order valence-corrected chi connectivity index (χ3v) is 8.61. The van der Waals surface area contributed by atoms with Gasteiger partial charge in [0.1, 0.15) is 0 Å². The number of hydrogen-bond acceptors (Lipinski definition) is 4. The summed E-state index contributed by atoms with van der Waals surface area (Å²) in [4.78, 5) is 18.8. The third-order valence-electron chi connectivity index (χ3n) is 6.01. The van der Waals surface area contributed by atoms with Crippen LogP contribution in [0.5, 0.6) is 0 Å². The predicted octanol–water partition coefficient (Wildman–Crippen LogP) is 3.53. The fourth-order valence-corrected chi connectivity index (χ4v) is 6.17. The van der Waals surface area contributed by atoms with Gasteiger partial charge in [-0.3, -0.25) is 9.78 Å². The second kappa shape index (κ2) is 8.16. The zero-order valence-corrected chi connectivity index (χ0v) is 19.8. The molecule has 156 valence electrons. The van der Waals surface area contributed by atoms with Crippen LogP contribution in [0.15, 0.2) is 27.8 Å². The van der Waals surface area contributed by atoms with Crippen LogP contribution in [0.4, 0.5) is 0 Å². The number of amides is 1. The smallest absolute Gasteiger partial charge is 0.255 e. The van der Waals surface area contributed by atoms with Crippen molar-refractivity contribution < 1.29 is 13.2 Å². The number of halogens is 1. The summed E-state index contributed by atoms with van der Waals surface area (Å²) in [6.07, 6.45) is 3.15. The highest BCUT2D eigenvalue weighted by atomic mass is 79.9. The molecule has 0 bridgehead atoms. The van der Waals surface area contributed by atoms with Crippen molar-refractivity contribution in [1.29, 1.82) is 0 Å². The van der Waals surface area contributed by atoms with Crippen LogP contribution in [0.1, 0.15) is 38.2 Å². The molecular formula is C21H26BrN3O3S. The number of nitrogens with zero attached hydrogens (tertiary/aromatic N) is 3. The molecule has 0 saturated carbocycles. The van der Waals surface area contributed by atoms with E-state index in [9.17, 15) is 13.2 Å². The second-order valence-corrected chi connectivity index (χ2v) is 10.3. The molecule has 0 N–H and O–H groups in total. The molecule has 1 aromatic carbocycles. The van der Waals surface area contributed by atoms with Gasteiger partial charge in [-0.15, -0.1) is 0 Å². The van der Waals surface area contributed by atoms with E-state index in [0.29, 0.717) is 23.5 Å². The second-order valence-electron chi connectivity index (χ2n) is 7.54. The molecule has 1 aliphatic rings. The highest BCUT2D eigenvalue weighted by Crippen LogP contribution is 2.32. The van der Waals surface area contributed by atoms with Crippen LogP contribution in [0.25, 0.3) is 0 Å². The monoisotopic (exact) mass is 479 g/mol. The lowest BCUT2D eigenvalue weighted by Crippen LogP contribution is -2.50. The van der Waals surface area contributed by atoms with Crippen molar-refractivity contribution in [3.8, 4) is 0 Å². The Morgan fingerprint density at radius 3 is 1.93 bits per heavy atom. The normalized spacial score (nSPS) is 15.6. The summed E-state index contributed by atoms with van der Waals surface area (Å²) < 4.78 is 29.1. The number of piperazine rings is 1. The van der Waals surface area contributed by atoms with Gasteiger partial charge in [-0.1, -0.05) is 0 Å². The van der Waals surface area contributed by atoms with Crippen molar-refractivity contribution in [2.24, 2.45) is 0 Å². The molecule has 0 radical (unpaired) electrons. The third kappa shape index (κ3) is 3.98. The summed E-state index contributed by atoms with van der Waals surface area (Å²) in [6.45, 7) is 11.0. The van der Waals surface area contributed by atoms with Crippen LogP contribution in [0, 0.1) is 34.6 Å². The molecule has 1 aromatic heterocycles. The molecule has 2 aromatic rings. The summed E-state index contributed by atoms with van der Waals surface area (Å²) in [5, 5.41) is 0. The van der Waals surface area contributed by atoms with Crippen molar-refractivity contribution in [3.05, 3.63) is 56.3 Å². The average molecular weight is 480 g/mol. The zero-order chi connectivity index (χ0) is 21.5. The number of benzene rings is 1. The lowest BCUT2D eigenvalue weighted by molar-refractivity contribution is 0.0697. The minimum Gasteiger partial charge on any atom is -0.336 e. The fourth-order valence-electron chi connectivity index (χ4n) is 3.82. The maximum Gasteiger partial charge on any atom is 0.255 e. The van der Waals surface area contributed by atoms with E-state index in [2.05, 4.69) is 20.9 Å². The van der Waals surface area contributed by atoms with E-state index in [1.165, 1.54) is 10.5 Å². The average Bonchev–Trinajstić information content (AvgIpc) is 2.70. The van der Waals surface area contributed by atoms with Gasteiger partial charge in [0.2, 0.25) is 10.0 Å². The van der Waals surface area contributed by atoms with E-state index in [1.54, 1.807) is 17.2 Å². The number of pyridine rings is 1. The van der Waals surface area contributed by atoms with Gasteiger partial charge in [0.15, 0.2) is 0 Å². The first-order valence-corrected chi connectivity index (χ1v) is 11.8. The topological polar surface area (TPSA) is 70.6 Å². The van der Waals surface area contributed by atoms with Crippen LogP contribution in [0.2, 0.25) is 0 Å². The Labute approximate surface area is 181 Å². The van der Waals surface area contributed by atoms with Crippen molar-refractivity contribution in [2.75, 3.05) is 26.2 Å². The van der Waals surface area contributed by atoms with Crippen LogP contribution < -0.4 is 0 Å². The van der Waals surface area contributed by atoms with Gasteiger partial charge in [-0.05, 0) is 84.4 Å². The van der Waals surface area contributed by atoms with Gasteiger partial charge >= 0.3 is 0 Å². The molecule has 0 unspecified atom stereocenters. The minimum atomic E-state index is -3.63. The Morgan fingerprint density at radius 2 is 1.41 bits per heavy atom. The molecule has 0 aliphatic carbocycles. The molecule has 2 heterocycles. The highest BCUT2D eigenvalue weighted by Gasteiger charge is 2.33. The Kier molecular flexibility index (Phi) is 6.17. The molecule has 1 fully saturated rings. The van der Waals surface area contributed by atoms with Gasteiger partial charge in [-0.25, -0.2) is 8.42 Å². The summed E-state index contributed by atoms with van der Waals surface area (Å²) in [6, 6.07) is 1.73. The SMILES string of the molecule is Cc1c(C)c(C)c(S(=O)(=O)N2CCN(C(=O)c3cncc(Br)c3)CC2)c(C)c1C. The van der Waals surface area contributed by atoms with Crippen molar-refractivity contribution >= 4 is 31.9 Å². The summed E-state index contributed by atoms with van der Waals surface area (Å²) >= 11 is 3.33. The molecule has 0 spiro atoms. The zero-order valence-electron chi connectivity index (χ0n) is 17.4. The molecule has 0 atom stereocenters. The highest BCUT2D eigenvalue weighted by molar-refractivity contribution is 9.10. The van der Waals surface area contributed by atoms with E-state index in [0.717, 1.165) is 32.3 Å². The quantitative estimate of drug-likeness (QED) is 0.674. The lowest BCUT2D eigenvalue weighted by Gasteiger charge is -2.35. The van der Waals surface area contributed by atoms with Crippen molar-refractivity contribution in [3.63, 3.8) is 0 Å². The van der Waals surface area contributed by atoms with E-state index < -0.39 is 10.0 Å². The number of rotatable bonds is 3. The molecule has 1 amide bonds. The lowest BCUT2D eigenvalue weighted by atomic mass is 9.95. The predicted molar refractivity (Wildman–Crippen MR) is 117 cm³/mol. The maximum absolute atomic E-state index is 13.4. The molecule has 1 saturated heterocycles. The fraction of sp³-hybridized carbons (Fsp3) is 0.429. The molecule has 3 rings (SSSR count). The Balaban J connectivity index is 1.83. The Bertz CT molecular complexity index is 1050. The number of hydrogen-bond donors (Lipinski definition) is 0. The standard InChI is InChI=1S/C21H26BrN3O3S/c1-13-14(2)16(4)20(17(5)15(13)3)29(27,28)25-8-6-24(7-9-25)21(26)18-10-19(22)12-23-11-18/h10-12H,6-9H2,1-5H3. The van der Waals surface area contributed by atoms with E-state index >= 15 is 0 Å². The molecule has 1 aliphatic heterocycles. The van der Waals surface area contributed by atoms with Gasteiger partial charge < -0.3 is 4.90 Å². The number of carbonyl (C=O) groups excluding carboxylic acids is 1. The molecule has 8 heteroatoms. The first kappa shape index (κ1) is 21.9. The van der Waals surface area contributed by atoms with E-state index in [4.69, 9.17) is 0 Å². The van der Waals surface area contributed by atoms with E-state index in [-0.39, 0.29) is 19.0 Å². The summed E-state index contributed by atoms with van der Waals surface area (Å²) in [7, 11) is -3.63. The first-order chi connectivity index (χ1) is 13.6. The molecule has 29 heavy (non-hydrogen) atoms. The van der Waals surface area contributed by atoms with Gasteiger partial charge in [-0.2, -0.15) is 4.31 Å². The van der Waals surface area contributed by atoms with Gasteiger partial charge in [0.05, 0.1) is 10.5 Å². The summed E-state index contributed by atoms with van der Waals surface area (Å²) in [5.41, 5.74) is 5.28. The number of carbonyl (C=O) groups is 1. The van der Waals surface area contributed by atoms with Crippen LogP contribution in [-0.4, -0.2) is 54.7 Å². The Hall–Kier alpha value is -1.77. The minimum absolute atomic E-state index is 0.134. The van der Waals surface area contributed by atoms with Crippen LogP contribution in [-0.2, 0) is 10.0 Å². The van der Waals surface area contributed by atoms with Gasteiger partial charge in [0, 0.05) is 43.0 Å². The van der Waals surface area contributed by atoms with Gasteiger partial charge in [0.25, 0.3) is 5.91 Å². The van der Waals surface area contributed by atoms with Crippen molar-refractivity contribution in [2.45, 2.75) is 39.5 Å². The van der Waals surface area contributed by atoms with Crippen LogP contribution in [0.3, 0.4) is 0 Å². The first-order valence-electron chi connectivity index (χ1n) is 9.52. The number of sulfonamides is 1. The van der Waals surface area contributed by atoms with Crippen LogP contribution >= 0.6 is 15.9 Å². The largest absolute Gasteiger partial charge is 0.336 e. The molecular weight excluding hydrogens is 454 g/mol. The number of aromatic nitrogens is 1. The maximum atomic E-state index is 13.4. The summed E-state index contributed by atoms with van der Waals surface area (Å²) in [5.74, 6) is -0.134. The van der Waals surface area contributed by atoms with Crippen molar-refractivity contribution in [1.82, 2.24) is 14.2 Å². The Morgan fingerprint density at radius 1 is 0.897 bits per heavy atom. The molecule has 6 nitrogen and oxygen atoms in total. The van der Waals surface area contributed by atoms with E-state index in [1.807, 2.05) is 34.6 Å².